The smallest absolute Gasteiger partial charge is 0.137 e. The number of benzene rings is 2. The quantitative estimate of drug-likeness (QED) is 0.826. The maximum Gasteiger partial charge on any atom is 0.137 e. The summed E-state index contributed by atoms with van der Waals surface area (Å²) in [6.07, 6.45) is 0. The summed E-state index contributed by atoms with van der Waals surface area (Å²) in [5.41, 5.74) is 8.35. The van der Waals surface area contributed by atoms with E-state index in [1.54, 1.807) is 25.3 Å². The Labute approximate surface area is 110 Å². The Kier molecular flexibility index (Phi) is 3.46. The van der Waals surface area contributed by atoms with Crippen LogP contribution in [0, 0.1) is 0 Å². The lowest BCUT2D eigenvalue weighted by molar-refractivity contribution is 0.415. The fraction of sp³-hybridized carbons (Fsp3) is 0.0769. The SMILES string of the molecule is COc1ccc(-c2cc(Cl)ccc2N)cc1Cl. The molecule has 17 heavy (non-hydrogen) atoms. The third-order valence-electron chi connectivity index (χ3n) is 2.48. The van der Waals surface area contributed by atoms with E-state index in [1.807, 2.05) is 18.2 Å². The molecular weight excluding hydrogens is 257 g/mol. The molecule has 0 aromatic heterocycles. The van der Waals surface area contributed by atoms with Crippen molar-refractivity contribution in [2.45, 2.75) is 0 Å². The molecule has 0 atom stereocenters. The van der Waals surface area contributed by atoms with Crippen LogP contribution in [0.4, 0.5) is 5.69 Å². The Morgan fingerprint density at radius 1 is 1.06 bits per heavy atom. The summed E-state index contributed by atoms with van der Waals surface area (Å²) in [4.78, 5) is 0. The standard InChI is InChI=1S/C13H11Cl2NO/c1-17-13-5-2-8(6-11(13)15)10-7-9(14)3-4-12(10)16/h2-7H,16H2,1H3. The Bertz CT molecular complexity index is 555. The molecule has 0 amide bonds. The highest BCUT2D eigenvalue weighted by Gasteiger charge is 2.07. The number of halogens is 2. The molecule has 2 N–H and O–H groups in total. The third-order valence-corrected chi connectivity index (χ3v) is 3.01. The number of methoxy groups -OCH3 is 1. The number of ether oxygens (including phenoxy) is 1. The van der Waals surface area contributed by atoms with Crippen LogP contribution in [0.2, 0.25) is 10.0 Å². The van der Waals surface area contributed by atoms with E-state index in [9.17, 15) is 0 Å². The minimum absolute atomic E-state index is 0.546. The Morgan fingerprint density at radius 3 is 2.47 bits per heavy atom. The van der Waals surface area contributed by atoms with Gasteiger partial charge < -0.3 is 10.5 Å². The van der Waals surface area contributed by atoms with Crippen LogP contribution in [-0.2, 0) is 0 Å². The van der Waals surface area contributed by atoms with E-state index in [-0.39, 0.29) is 0 Å². The lowest BCUT2D eigenvalue weighted by atomic mass is 10.0. The summed E-state index contributed by atoms with van der Waals surface area (Å²) in [7, 11) is 1.58. The van der Waals surface area contributed by atoms with Gasteiger partial charge in [0.2, 0.25) is 0 Å². The van der Waals surface area contributed by atoms with E-state index in [1.165, 1.54) is 0 Å². The van der Waals surface area contributed by atoms with E-state index in [2.05, 4.69) is 0 Å². The molecule has 2 aromatic rings. The molecule has 2 nitrogen and oxygen atoms in total. The molecule has 0 aliphatic carbocycles. The first-order chi connectivity index (χ1) is 8.11. The molecule has 0 saturated carbocycles. The molecule has 2 aromatic carbocycles. The molecule has 0 spiro atoms. The van der Waals surface area contributed by atoms with Gasteiger partial charge in [0.1, 0.15) is 5.75 Å². The molecule has 2 rings (SSSR count). The van der Waals surface area contributed by atoms with E-state index in [0.717, 1.165) is 11.1 Å². The summed E-state index contributed by atoms with van der Waals surface area (Å²) in [5, 5.41) is 1.19. The number of nitrogens with two attached hydrogens (primary N) is 1. The average molecular weight is 268 g/mol. The van der Waals surface area contributed by atoms with Crippen molar-refractivity contribution >= 4 is 28.9 Å². The van der Waals surface area contributed by atoms with Crippen LogP contribution < -0.4 is 10.5 Å². The van der Waals surface area contributed by atoms with Gasteiger partial charge >= 0.3 is 0 Å². The molecule has 0 unspecified atom stereocenters. The minimum atomic E-state index is 0.546. The van der Waals surface area contributed by atoms with Crippen molar-refractivity contribution in [1.29, 1.82) is 0 Å². The molecule has 0 radical (unpaired) electrons. The zero-order valence-corrected chi connectivity index (χ0v) is 10.7. The monoisotopic (exact) mass is 267 g/mol. The van der Waals surface area contributed by atoms with Gasteiger partial charge in [-0.15, -0.1) is 0 Å². The van der Waals surface area contributed by atoms with Crippen molar-refractivity contribution in [3.8, 4) is 16.9 Å². The summed E-state index contributed by atoms with van der Waals surface area (Å²) in [6.45, 7) is 0. The molecule has 88 valence electrons. The van der Waals surface area contributed by atoms with Crippen LogP contribution in [-0.4, -0.2) is 7.11 Å². The fourth-order valence-corrected chi connectivity index (χ4v) is 2.04. The number of hydrogen-bond acceptors (Lipinski definition) is 2. The Morgan fingerprint density at radius 2 is 1.82 bits per heavy atom. The molecule has 0 heterocycles. The summed E-state index contributed by atoms with van der Waals surface area (Å²) >= 11 is 12.0. The Balaban J connectivity index is 2.53. The van der Waals surface area contributed by atoms with Crippen molar-refractivity contribution in [3.63, 3.8) is 0 Å². The van der Waals surface area contributed by atoms with Crippen molar-refractivity contribution in [2.24, 2.45) is 0 Å². The van der Waals surface area contributed by atoms with Gasteiger partial charge in [-0.1, -0.05) is 29.3 Å². The van der Waals surface area contributed by atoms with Crippen LogP contribution >= 0.6 is 23.2 Å². The zero-order chi connectivity index (χ0) is 12.4. The summed E-state index contributed by atoms with van der Waals surface area (Å²) in [5.74, 6) is 0.635. The second-order valence-corrected chi connectivity index (χ2v) is 4.42. The highest BCUT2D eigenvalue weighted by Crippen LogP contribution is 2.34. The second kappa shape index (κ2) is 4.86. The summed E-state index contributed by atoms with van der Waals surface area (Å²) < 4.78 is 5.10. The van der Waals surface area contributed by atoms with Crippen LogP contribution in [0.1, 0.15) is 0 Å². The maximum atomic E-state index is 6.07. The van der Waals surface area contributed by atoms with Crippen LogP contribution in [0.15, 0.2) is 36.4 Å². The topological polar surface area (TPSA) is 35.2 Å². The molecule has 0 aliphatic heterocycles. The van der Waals surface area contributed by atoms with Crippen molar-refractivity contribution in [1.82, 2.24) is 0 Å². The van der Waals surface area contributed by atoms with Crippen LogP contribution in [0.3, 0.4) is 0 Å². The normalized spacial score (nSPS) is 10.3. The fourth-order valence-electron chi connectivity index (χ4n) is 1.61. The first kappa shape index (κ1) is 12.1. The van der Waals surface area contributed by atoms with Crippen molar-refractivity contribution < 1.29 is 4.74 Å². The minimum Gasteiger partial charge on any atom is -0.495 e. The van der Waals surface area contributed by atoms with Gasteiger partial charge in [0.25, 0.3) is 0 Å². The van der Waals surface area contributed by atoms with Gasteiger partial charge in [-0.05, 0) is 35.9 Å². The molecule has 0 saturated heterocycles. The lowest BCUT2D eigenvalue weighted by Gasteiger charge is -2.09. The lowest BCUT2D eigenvalue weighted by Crippen LogP contribution is -1.90. The van der Waals surface area contributed by atoms with Crippen LogP contribution in [0.5, 0.6) is 5.75 Å². The summed E-state index contributed by atoms with van der Waals surface area (Å²) in [6, 6.07) is 10.9. The first-order valence-corrected chi connectivity index (χ1v) is 5.76. The van der Waals surface area contributed by atoms with E-state index >= 15 is 0 Å². The Hall–Kier alpha value is -1.38. The number of rotatable bonds is 2. The van der Waals surface area contributed by atoms with Gasteiger partial charge in [-0.3, -0.25) is 0 Å². The van der Waals surface area contributed by atoms with Gasteiger partial charge in [-0.25, -0.2) is 0 Å². The second-order valence-electron chi connectivity index (χ2n) is 3.58. The predicted octanol–water partition coefficient (Wildman–Crippen LogP) is 4.25. The third kappa shape index (κ3) is 2.48. The maximum absolute atomic E-state index is 6.07. The van der Waals surface area contributed by atoms with Gasteiger partial charge in [0, 0.05) is 16.3 Å². The largest absolute Gasteiger partial charge is 0.495 e. The number of anilines is 1. The number of nitrogen functional groups attached to an aromatic ring is 1. The first-order valence-electron chi connectivity index (χ1n) is 5.01. The van der Waals surface area contributed by atoms with Gasteiger partial charge in [0.15, 0.2) is 0 Å². The highest BCUT2D eigenvalue weighted by atomic mass is 35.5. The van der Waals surface area contributed by atoms with E-state index < -0.39 is 0 Å². The van der Waals surface area contributed by atoms with Crippen molar-refractivity contribution in [2.75, 3.05) is 12.8 Å². The average Bonchev–Trinajstić information content (AvgIpc) is 2.32. The van der Waals surface area contributed by atoms with Crippen molar-refractivity contribution in [3.05, 3.63) is 46.4 Å². The van der Waals surface area contributed by atoms with E-state index in [4.69, 9.17) is 33.7 Å². The molecule has 4 heteroatoms. The molecule has 0 fully saturated rings. The highest BCUT2D eigenvalue weighted by molar-refractivity contribution is 6.32. The van der Waals surface area contributed by atoms with E-state index in [0.29, 0.717) is 21.5 Å². The van der Waals surface area contributed by atoms with Gasteiger partial charge in [-0.2, -0.15) is 0 Å². The predicted molar refractivity (Wildman–Crippen MR) is 72.9 cm³/mol. The molecule has 0 aliphatic rings. The molecular formula is C13H11Cl2NO. The zero-order valence-electron chi connectivity index (χ0n) is 9.21. The van der Waals surface area contributed by atoms with Crippen LogP contribution in [0.25, 0.3) is 11.1 Å². The van der Waals surface area contributed by atoms with Gasteiger partial charge in [0.05, 0.1) is 12.1 Å². The number of hydrogen-bond donors (Lipinski definition) is 1. The molecule has 0 bridgehead atoms.